The molecule has 0 aromatic rings. The highest BCUT2D eigenvalue weighted by Gasteiger charge is 2.36. The predicted octanol–water partition coefficient (Wildman–Crippen LogP) is 2.42. The fourth-order valence-electron chi connectivity index (χ4n) is 1.77. The third-order valence-corrected chi connectivity index (χ3v) is 2.81. The molecule has 1 rings (SSSR count). The van der Waals surface area contributed by atoms with Crippen LogP contribution < -0.4 is 5.32 Å². The summed E-state index contributed by atoms with van der Waals surface area (Å²) < 4.78 is 0. The van der Waals surface area contributed by atoms with Crippen LogP contribution in [0.25, 0.3) is 0 Å². The fourth-order valence-corrected chi connectivity index (χ4v) is 1.77. The van der Waals surface area contributed by atoms with Crippen LogP contribution in [0.15, 0.2) is 0 Å². The molecule has 1 N–H and O–H groups in total. The number of hydrogen-bond donors (Lipinski definition) is 1. The normalized spacial score (nSPS) is 30.8. The number of hydrogen-bond acceptors (Lipinski definition) is 1. The van der Waals surface area contributed by atoms with E-state index in [1.54, 1.807) is 0 Å². The second-order valence-electron chi connectivity index (χ2n) is 5.53. The molecule has 11 heavy (non-hydrogen) atoms. The van der Waals surface area contributed by atoms with Crippen LogP contribution in [0.1, 0.15) is 41.0 Å². The molecule has 1 unspecified atom stereocenters. The van der Waals surface area contributed by atoms with Gasteiger partial charge in [0.05, 0.1) is 0 Å². The summed E-state index contributed by atoms with van der Waals surface area (Å²) in [6.45, 7) is 12.8. The lowest BCUT2D eigenvalue weighted by Gasteiger charge is -2.27. The summed E-state index contributed by atoms with van der Waals surface area (Å²) in [7, 11) is 0. The number of nitrogens with one attached hydrogen (secondary N) is 1. The van der Waals surface area contributed by atoms with Crippen molar-refractivity contribution in [1.29, 1.82) is 0 Å². The van der Waals surface area contributed by atoms with E-state index in [1.165, 1.54) is 13.0 Å². The van der Waals surface area contributed by atoms with E-state index in [0.717, 1.165) is 5.92 Å². The molecule has 0 aromatic heterocycles. The lowest BCUT2D eigenvalue weighted by atomic mass is 9.78. The average molecular weight is 155 g/mol. The molecular weight excluding hydrogens is 134 g/mol. The molecule has 1 heterocycles. The molecule has 1 aliphatic heterocycles. The molecule has 1 atom stereocenters. The van der Waals surface area contributed by atoms with Crippen LogP contribution in [0, 0.1) is 11.3 Å². The largest absolute Gasteiger partial charge is 0.311 e. The summed E-state index contributed by atoms with van der Waals surface area (Å²) in [5.41, 5.74) is 0.846. The molecule has 0 aromatic carbocycles. The highest BCUT2D eigenvalue weighted by molar-refractivity contribution is 4.93. The van der Waals surface area contributed by atoms with Crippen LogP contribution in [0.4, 0.5) is 0 Å². The first-order valence-electron chi connectivity index (χ1n) is 4.56. The van der Waals surface area contributed by atoms with Crippen molar-refractivity contribution in [3.63, 3.8) is 0 Å². The van der Waals surface area contributed by atoms with Crippen LogP contribution in [-0.2, 0) is 0 Å². The van der Waals surface area contributed by atoms with Gasteiger partial charge in [0, 0.05) is 5.54 Å². The van der Waals surface area contributed by atoms with E-state index in [2.05, 4.69) is 39.9 Å². The van der Waals surface area contributed by atoms with Gasteiger partial charge in [0.1, 0.15) is 0 Å². The van der Waals surface area contributed by atoms with E-state index in [0.29, 0.717) is 11.0 Å². The zero-order valence-corrected chi connectivity index (χ0v) is 8.49. The highest BCUT2D eigenvalue weighted by Crippen LogP contribution is 2.36. The molecular formula is C10H21N. The molecule has 66 valence electrons. The van der Waals surface area contributed by atoms with Gasteiger partial charge in [0.15, 0.2) is 0 Å². The molecule has 1 fully saturated rings. The first-order chi connectivity index (χ1) is 4.81. The van der Waals surface area contributed by atoms with E-state index < -0.39 is 0 Å². The van der Waals surface area contributed by atoms with Crippen molar-refractivity contribution in [2.24, 2.45) is 11.3 Å². The second kappa shape index (κ2) is 2.48. The third kappa shape index (κ3) is 2.19. The van der Waals surface area contributed by atoms with E-state index in [1.807, 2.05) is 0 Å². The van der Waals surface area contributed by atoms with Gasteiger partial charge >= 0.3 is 0 Å². The summed E-state index contributed by atoms with van der Waals surface area (Å²) in [5, 5.41) is 3.55. The van der Waals surface area contributed by atoms with Gasteiger partial charge in [-0.05, 0) is 38.1 Å². The minimum Gasteiger partial charge on any atom is -0.311 e. The van der Waals surface area contributed by atoms with Crippen LogP contribution in [0.5, 0.6) is 0 Å². The maximum atomic E-state index is 3.55. The summed E-state index contributed by atoms with van der Waals surface area (Å²) in [5.74, 6) is 0.845. The van der Waals surface area contributed by atoms with Crippen molar-refractivity contribution < 1.29 is 0 Å². The van der Waals surface area contributed by atoms with Gasteiger partial charge < -0.3 is 5.32 Å². The zero-order valence-electron chi connectivity index (χ0n) is 8.49. The van der Waals surface area contributed by atoms with Gasteiger partial charge in [0.25, 0.3) is 0 Å². The van der Waals surface area contributed by atoms with Crippen molar-refractivity contribution >= 4 is 0 Å². The van der Waals surface area contributed by atoms with E-state index >= 15 is 0 Å². The Kier molecular flexibility index (Phi) is 2.04. The summed E-state index contributed by atoms with van der Waals surface area (Å²) in [6.07, 6.45) is 1.32. The highest BCUT2D eigenvalue weighted by atomic mass is 15.0. The molecule has 0 amide bonds. The lowest BCUT2D eigenvalue weighted by molar-refractivity contribution is 0.250. The molecule has 0 saturated carbocycles. The smallest absolute Gasteiger partial charge is 0.0128 e. The van der Waals surface area contributed by atoms with Crippen molar-refractivity contribution in [2.45, 2.75) is 46.6 Å². The molecule has 0 bridgehead atoms. The van der Waals surface area contributed by atoms with Gasteiger partial charge in [-0.2, -0.15) is 0 Å². The van der Waals surface area contributed by atoms with E-state index in [4.69, 9.17) is 0 Å². The Labute approximate surface area is 70.6 Å². The zero-order chi connectivity index (χ0) is 8.70. The van der Waals surface area contributed by atoms with Crippen LogP contribution in [0.2, 0.25) is 0 Å². The topological polar surface area (TPSA) is 12.0 Å². The number of rotatable bonds is 0. The average Bonchev–Trinajstić information content (AvgIpc) is 2.07. The lowest BCUT2D eigenvalue weighted by Crippen LogP contribution is -2.31. The van der Waals surface area contributed by atoms with E-state index in [-0.39, 0.29) is 0 Å². The van der Waals surface area contributed by atoms with Gasteiger partial charge in [-0.25, -0.2) is 0 Å². The first-order valence-corrected chi connectivity index (χ1v) is 4.56. The van der Waals surface area contributed by atoms with Gasteiger partial charge in [0.2, 0.25) is 0 Å². The van der Waals surface area contributed by atoms with E-state index in [9.17, 15) is 0 Å². The standard InChI is InChI=1S/C10H21N/c1-9(2,3)8-6-10(4,5)11-7-8/h8,11H,6-7H2,1-5H3. The Balaban J connectivity index is 2.55. The molecule has 1 aliphatic rings. The summed E-state index contributed by atoms with van der Waals surface area (Å²) >= 11 is 0. The Morgan fingerprint density at radius 2 is 1.82 bits per heavy atom. The Morgan fingerprint density at radius 1 is 1.27 bits per heavy atom. The van der Waals surface area contributed by atoms with Crippen molar-refractivity contribution in [3.8, 4) is 0 Å². The van der Waals surface area contributed by atoms with Gasteiger partial charge in [-0.3, -0.25) is 0 Å². The maximum absolute atomic E-state index is 3.55. The molecule has 1 nitrogen and oxygen atoms in total. The monoisotopic (exact) mass is 155 g/mol. The summed E-state index contributed by atoms with van der Waals surface area (Å²) in [4.78, 5) is 0. The SMILES string of the molecule is CC1(C)CC(C(C)(C)C)CN1. The molecule has 1 saturated heterocycles. The molecule has 0 spiro atoms. The maximum Gasteiger partial charge on any atom is 0.0128 e. The van der Waals surface area contributed by atoms with Crippen LogP contribution in [-0.4, -0.2) is 12.1 Å². The quantitative estimate of drug-likeness (QED) is 0.566. The molecule has 1 heteroatoms. The van der Waals surface area contributed by atoms with Crippen molar-refractivity contribution in [1.82, 2.24) is 5.32 Å². The van der Waals surface area contributed by atoms with Crippen LogP contribution in [0.3, 0.4) is 0 Å². The Bertz CT molecular complexity index is 141. The third-order valence-electron chi connectivity index (χ3n) is 2.81. The fraction of sp³-hybridized carbons (Fsp3) is 1.00. The molecule has 0 radical (unpaired) electrons. The second-order valence-corrected chi connectivity index (χ2v) is 5.53. The Morgan fingerprint density at radius 3 is 2.00 bits per heavy atom. The van der Waals surface area contributed by atoms with Gasteiger partial charge in [-0.15, -0.1) is 0 Å². The van der Waals surface area contributed by atoms with Gasteiger partial charge in [-0.1, -0.05) is 20.8 Å². The minimum absolute atomic E-state index is 0.373. The van der Waals surface area contributed by atoms with Crippen molar-refractivity contribution in [3.05, 3.63) is 0 Å². The first kappa shape index (κ1) is 9.05. The Hall–Kier alpha value is -0.0400. The molecule has 0 aliphatic carbocycles. The summed E-state index contributed by atoms with van der Waals surface area (Å²) in [6, 6.07) is 0. The predicted molar refractivity (Wildman–Crippen MR) is 49.6 cm³/mol. The van der Waals surface area contributed by atoms with Crippen molar-refractivity contribution in [2.75, 3.05) is 6.54 Å². The van der Waals surface area contributed by atoms with Crippen LogP contribution >= 0.6 is 0 Å². The minimum atomic E-state index is 0.373.